The highest BCUT2D eigenvalue weighted by Crippen LogP contribution is 2.35. The highest BCUT2D eigenvalue weighted by molar-refractivity contribution is 7.90. The van der Waals surface area contributed by atoms with Crippen LogP contribution >= 0.6 is 11.6 Å². The number of hydrogen-bond donors (Lipinski definition) is 0. The maximum Gasteiger partial charge on any atom is 0.255 e. The van der Waals surface area contributed by atoms with E-state index in [0.717, 1.165) is 5.56 Å². The van der Waals surface area contributed by atoms with E-state index in [1.54, 1.807) is 30.3 Å². The van der Waals surface area contributed by atoms with Crippen molar-refractivity contribution in [3.63, 3.8) is 0 Å². The molecule has 0 fully saturated rings. The third-order valence-electron chi connectivity index (χ3n) is 6.17. The minimum Gasteiger partial charge on any atom is -0.495 e. The zero-order valence-corrected chi connectivity index (χ0v) is 21.9. The van der Waals surface area contributed by atoms with Gasteiger partial charge in [0.05, 0.1) is 34.7 Å². The van der Waals surface area contributed by atoms with E-state index in [-0.39, 0.29) is 27.6 Å². The zero-order valence-electron chi connectivity index (χ0n) is 20.4. The van der Waals surface area contributed by atoms with Gasteiger partial charge in [-0.3, -0.25) is 9.36 Å². The van der Waals surface area contributed by atoms with Gasteiger partial charge in [0.2, 0.25) is 0 Å². The second-order valence-electron chi connectivity index (χ2n) is 8.67. The van der Waals surface area contributed by atoms with Crippen LogP contribution in [0.1, 0.15) is 11.3 Å². The number of rotatable bonds is 6. The Bertz CT molecular complexity index is 1860. The Labute approximate surface area is 223 Å². The first-order valence-corrected chi connectivity index (χ1v) is 13.5. The first-order chi connectivity index (χ1) is 18.2. The number of methoxy groups -OCH3 is 1. The van der Waals surface area contributed by atoms with Crippen molar-refractivity contribution in [2.75, 3.05) is 7.11 Å². The van der Waals surface area contributed by atoms with Gasteiger partial charge < -0.3 is 4.74 Å². The summed E-state index contributed by atoms with van der Waals surface area (Å²) in [6.07, 6.45) is 1.46. The van der Waals surface area contributed by atoms with Gasteiger partial charge in [-0.25, -0.2) is 12.8 Å². The number of ether oxygens (including phenoxy) is 1. The number of fused-ring (bicyclic) bond motifs is 1. The molecule has 0 N–H and O–H groups in total. The Morgan fingerprint density at radius 2 is 1.84 bits per heavy atom. The molecule has 0 spiro atoms. The molecule has 0 saturated carbocycles. The normalized spacial score (nSPS) is 11.6. The summed E-state index contributed by atoms with van der Waals surface area (Å²) in [7, 11) is -2.31. The van der Waals surface area contributed by atoms with Crippen molar-refractivity contribution in [3.8, 4) is 22.6 Å². The first kappa shape index (κ1) is 25.6. The van der Waals surface area contributed by atoms with Crippen LogP contribution in [-0.2, 0) is 15.6 Å². The van der Waals surface area contributed by atoms with E-state index < -0.39 is 21.2 Å². The van der Waals surface area contributed by atoms with E-state index in [1.165, 1.54) is 60.3 Å². The number of sulfone groups is 1. The Hall–Kier alpha value is -4.08. The van der Waals surface area contributed by atoms with Gasteiger partial charge in [-0.15, -0.1) is 0 Å². The maximum atomic E-state index is 15.4. The van der Waals surface area contributed by atoms with E-state index in [2.05, 4.69) is 10.2 Å². The third kappa shape index (κ3) is 4.78. The number of halogens is 2. The summed E-state index contributed by atoms with van der Waals surface area (Å²) in [5.74, 6) is -0.617. The predicted molar refractivity (Wildman–Crippen MR) is 144 cm³/mol. The SMILES string of the molecule is COc1cc(-c2ccc(Cl)c(C)c2)c(F)cc1-n1c(=O)ccc2cc(S(=O)(=O)Cc3cccnn3)ccc21. The summed E-state index contributed by atoms with van der Waals surface area (Å²) in [4.78, 5) is 13.1. The van der Waals surface area contributed by atoms with Crippen molar-refractivity contribution in [3.05, 3.63) is 111 Å². The van der Waals surface area contributed by atoms with Crippen LogP contribution in [0.3, 0.4) is 0 Å². The molecule has 192 valence electrons. The fourth-order valence-electron chi connectivity index (χ4n) is 4.27. The largest absolute Gasteiger partial charge is 0.495 e. The minimum absolute atomic E-state index is 0.0625. The number of benzene rings is 3. The van der Waals surface area contributed by atoms with E-state index in [1.807, 2.05) is 6.92 Å². The number of pyridine rings is 1. The van der Waals surface area contributed by atoms with Crippen molar-refractivity contribution < 1.29 is 17.5 Å². The molecule has 0 atom stereocenters. The fourth-order valence-corrected chi connectivity index (χ4v) is 5.68. The van der Waals surface area contributed by atoms with E-state index in [0.29, 0.717) is 27.2 Å². The third-order valence-corrected chi connectivity index (χ3v) is 8.24. The molecule has 5 rings (SSSR count). The lowest BCUT2D eigenvalue weighted by molar-refractivity contribution is 0.412. The Balaban J connectivity index is 1.63. The van der Waals surface area contributed by atoms with Crippen molar-refractivity contribution >= 4 is 32.3 Å². The van der Waals surface area contributed by atoms with E-state index in [4.69, 9.17) is 16.3 Å². The van der Waals surface area contributed by atoms with Crippen molar-refractivity contribution in [1.29, 1.82) is 0 Å². The summed E-state index contributed by atoms with van der Waals surface area (Å²) in [6.45, 7) is 1.83. The molecule has 38 heavy (non-hydrogen) atoms. The van der Waals surface area contributed by atoms with Crippen LogP contribution in [0.4, 0.5) is 4.39 Å². The lowest BCUT2D eigenvalue weighted by Gasteiger charge is -2.17. The summed E-state index contributed by atoms with van der Waals surface area (Å²) in [6, 6.07) is 18.4. The van der Waals surface area contributed by atoms with Gasteiger partial charge in [-0.1, -0.05) is 17.7 Å². The second kappa shape index (κ2) is 10.00. The smallest absolute Gasteiger partial charge is 0.255 e. The molecule has 0 saturated heterocycles. The van der Waals surface area contributed by atoms with Gasteiger partial charge in [0.1, 0.15) is 11.6 Å². The summed E-state index contributed by atoms with van der Waals surface area (Å²) < 4.78 is 48.3. The Morgan fingerprint density at radius 1 is 1.03 bits per heavy atom. The van der Waals surface area contributed by atoms with Gasteiger partial charge in [0.25, 0.3) is 5.56 Å². The van der Waals surface area contributed by atoms with E-state index in [9.17, 15) is 13.2 Å². The number of nitrogens with zero attached hydrogens (tertiary/aromatic N) is 3. The average Bonchev–Trinajstić information content (AvgIpc) is 2.90. The van der Waals surface area contributed by atoms with Crippen LogP contribution in [0.15, 0.2) is 88.7 Å². The molecule has 10 heteroatoms. The standard InChI is InChI=1S/C28H21ClFN3O4S/c1-17-12-18(5-8-23(17)29)22-14-27(37-2)26(15-24(22)30)33-25-9-7-21(13-19(25)6-10-28(33)34)38(35,36)16-20-4-3-11-31-32-20/h3-15H,16H2,1-2H3. The average molecular weight is 550 g/mol. The van der Waals surface area contributed by atoms with Crippen LogP contribution in [0, 0.1) is 12.7 Å². The monoisotopic (exact) mass is 549 g/mol. The lowest BCUT2D eigenvalue weighted by atomic mass is 10.0. The number of aromatic nitrogens is 3. The Kier molecular flexibility index (Phi) is 6.73. The van der Waals surface area contributed by atoms with E-state index >= 15 is 4.39 Å². The van der Waals surface area contributed by atoms with Crippen molar-refractivity contribution in [2.45, 2.75) is 17.6 Å². The second-order valence-corrected chi connectivity index (χ2v) is 11.1. The molecule has 0 unspecified atom stereocenters. The molecular weight excluding hydrogens is 529 g/mol. The number of hydrogen-bond acceptors (Lipinski definition) is 6. The van der Waals surface area contributed by atoms with Crippen LogP contribution in [0.5, 0.6) is 5.75 Å². The summed E-state index contributed by atoms with van der Waals surface area (Å²) >= 11 is 6.12. The van der Waals surface area contributed by atoms with Gasteiger partial charge in [0, 0.05) is 34.3 Å². The molecule has 0 aliphatic rings. The molecule has 0 aliphatic heterocycles. The Morgan fingerprint density at radius 3 is 2.55 bits per heavy atom. The first-order valence-electron chi connectivity index (χ1n) is 11.5. The quantitative estimate of drug-likeness (QED) is 0.276. The minimum atomic E-state index is -3.74. The number of aryl methyl sites for hydroxylation is 1. The van der Waals surface area contributed by atoms with Crippen LogP contribution < -0.4 is 10.3 Å². The molecule has 0 bridgehead atoms. The van der Waals surface area contributed by atoms with Crippen LogP contribution in [0.25, 0.3) is 27.7 Å². The maximum absolute atomic E-state index is 15.4. The molecule has 7 nitrogen and oxygen atoms in total. The van der Waals surface area contributed by atoms with Crippen LogP contribution in [-0.4, -0.2) is 30.3 Å². The summed E-state index contributed by atoms with van der Waals surface area (Å²) in [5.41, 5.74) is 2.15. The highest BCUT2D eigenvalue weighted by Gasteiger charge is 2.20. The van der Waals surface area contributed by atoms with Crippen molar-refractivity contribution in [1.82, 2.24) is 14.8 Å². The molecule has 0 amide bonds. The van der Waals surface area contributed by atoms with Crippen LogP contribution in [0.2, 0.25) is 5.02 Å². The lowest BCUT2D eigenvalue weighted by Crippen LogP contribution is -2.18. The van der Waals surface area contributed by atoms with Gasteiger partial charge in [-0.05, 0) is 72.6 Å². The predicted octanol–water partition coefficient (Wildman–Crippen LogP) is 5.53. The molecule has 0 aliphatic carbocycles. The highest BCUT2D eigenvalue weighted by atomic mass is 35.5. The van der Waals surface area contributed by atoms with Gasteiger partial charge in [0.15, 0.2) is 9.84 Å². The molecule has 2 aromatic heterocycles. The molecule has 2 heterocycles. The topological polar surface area (TPSA) is 91.2 Å². The zero-order chi connectivity index (χ0) is 27.0. The fraction of sp³-hybridized carbons (Fsp3) is 0.107. The molecule has 0 radical (unpaired) electrons. The van der Waals surface area contributed by atoms with Gasteiger partial charge >= 0.3 is 0 Å². The molecule has 5 aromatic rings. The van der Waals surface area contributed by atoms with Gasteiger partial charge in [-0.2, -0.15) is 10.2 Å². The molecular formula is C28H21ClFN3O4S. The molecule has 3 aromatic carbocycles. The summed E-state index contributed by atoms with van der Waals surface area (Å²) in [5, 5.41) is 8.62. The van der Waals surface area contributed by atoms with Crippen molar-refractivity contribution in [2.24, 2.45) is 0 Å².